The molecule has 8 heteroatoms. The number of carbonyl (C=O) groups excluding carboxylic acids is 1. The Morgan fingerprint density at radius 3 is 2.50 bits per heavy atom. The van der Waals surface area contributed by atoms with Gasteiger partial charge in [0.05, 0.1) is 17.8 Å². The molecular weight excluding hydrogens is 311 g/mol. The fraction of sp³-hybridized carbons (Fsp3) is 0.500. The number of carbonyl (C=O) groups is 1. The molecule has 1 saturated heterocycles. The highest BCUT2D eigenvalue weighted by atomic mass is 32.2. The van der Waals surface area contributed by atoms with Gasteiger partial charge in [0, 0.05) is 6.54 Å². The summed E-state index contributed by atoms with van der Waals surface area (Å²) < 4.78 is 44.3. The largest absolute Gasteiger partial charge is 0.448 e. The van der Waals surface area contributed by atoms with Crippen molar-refractivity contribution in [3.8, 4) is 0 Å². The summed E-state index contributed by atoms with van der Waals surface area (Å²) in [4.78, 5) is 13.1. The van der Waals surface area contributed by atoms with Crippen LogP contribution in [-0.4, -0.2) is 44.6 Å². The molecule has 22 heavy (non-hydrogen) atoms. The van der Waals surface area contributed by atoms with Crippen molar-refractivity contribution in [2.45, 2.75) is 25.1 Å². The number of halogens is 1. The molecular formula is C14H19FN2O4S. The Hall–Kier alpha value is -1.67. The first kappa shape index (κ1) is 16.7. The van der Waals surface area contributed by atoms with Crippen molar-refractivity contribution < 1.29 is 22.3 Å². The number of amides is 1. The lowest BCUT2D eigenvalue weighted by Gasteiger charge is -2.33. The fourth-order valence-corrected chi connectivity index (χ4v) is 3.48. The predicted molar refractivity (Wildman–Crippen MR) is 79.2 cm³/mol. The molecule has 1 fully saturated rings. The Kier molecular flexibility index (Phi) is 4.72. The zero-order valence-corrected chi connectivity index (χ0v) is 13.3. The first-order chi connectivity index (χ1) is 10.2. The lowest BCUT2D eigenvalue weighted by atomic mass is 10.0. The lowest BCUT2D eigenvalue weighted by molar-refractivity contribution is 0.127. The van der Waals surface area contributed by atoms with Gasteiger partial charge < -0.3 is 4.74 Å². The first-order valence-corrected chi connectivity index (χ1v) is 8.51. The number of hydrogen-bond donors (Lipinski definition) is 1. The average Bonchev–Trinajstić information content (AvgIpc) is 2.86. The molecule has 0 atom stereocenters. The van der Waals surface area contributed by atoms with Crippen molar-refractivity contribution in [2.24, 2.45) is 0 Å². The van der Waals surface area contributed by atoms with E-state index < -0.39 is 27.5 Å². The highest BCUT2D eigenvalue weighted by Crippen LogP contribution is 2.19. The minimum atomic E-state index is -3.58. The van der Waals surface area contributed by atoms with Crippen LogP contribution in [0.5, 0.6) is 0 Å². The summed E-state index contributed by atoms with van der Waals surface area (Å²) in [6.07, 6.45) is -0.442. The molecule has 0 bridgehead atoms. The molecule has 0 aromatic heterocycles. The second-order valence-electron chi connectivity index (χ2n) is 5.79. The molecule has 0 aliphatic carbocycles. The van der Waals surface area contributed by atoms with E-state index >= 15 is 0 Å². The number of sulfonamides is 1. The maximum absolute atomic E-state index is 12.8. The van der Waals surface area contributed by atoms with Gasteiger partial charge in [-0.2, -0.15) is 0 Å². The Morgan fingerprint density at radius 2 is 1.95 bits per heavy atom. The number of hydrogen-bond acceptors (Lipinski definition) is 4. The molecule has 2 rings (SSSR count). The number of rotatable bonds is 6. The summed E-state index contributed by atoms with van der Waals surface area (Å²) >= 11 is 0. The lowest BCUT2D eigenvalue weighted by Crippen LogP contribution is -2.52. The van der Waals surface area contributed by atoms with Gasteiger partial charge in [-0.05, 0) is 31.5 Å². The van der Waals surface area contributed by atoms with Gasteiger partial charge in [-0.3, -0.25) is 4.90 Å². The van der Waals surface area contributed by atoms with Gasteiger partial charge in [0.2, 0.25) is 10.0 Å². The molecule has 1 amide bonds. The van der Waals surface area contributed by atoms with Gasteiger partial charge in [0.25, 0.3) is 0 Å². The van der Waals surface area contributed by atoms with E-state index in [0.29, 0.717) is 18.7 Å². The Bertz CT molecular complexity index is 643. The highest BCUT2D eigenvalue weighted by molar-refractivity contribution is 7.88. The maximum atomic E-state index is 12.8. The molecule has 1 aromatic carbocycles. The van der Waals surface area contributed by atoms with Crippen molar-refractivity contribution in [3.63, 3.8) is 0 Å². The van der Waals surface area contributed by atoms with E-state index in [4.69, 9.17) is 4.74 Å². The summed E-state index contributed by atoms with van der Waals surface area (Å²) in [6.45, 7) is 4.35. The predicted octanol–water partition coefficient (Wildman–Crippen LogP) is 1.48. The topological polar surface area (TPSA) is 75.7 Å². The van der Waals surface area contributed by atoms with Crippen molar-refractivity contribution in [1.82, 2.24) is 9.62 Å². The van der Waals surface area contributed by atoms with Gasteiger partial charge in [-0.15, -0.1) is 0 Å². The van der Waals surface area contributed by atoms with Crippen molar-refractivity contribution in [2.75, 3.05) is 19.7 Å². The molecule has 1 heterocycles. The van der Waals surface area contributed by atoms with Crippen molar-refractivity contribution >= 4 is 16.1 Å². The van der Waals surface area contributed by atoms with Crippen molar-refractivity contribution in [3.05, 3.63) is 35.6 Å². The summed E-state index contributed by atoms with van der Waals surface area (Å²) in [5, 5.41) is 0. The number of nitrogens with one attached hydrogen (secondary N) is 1. The molecule has 1 N–H and O–H groups in total. The second-order valence-corrected chi connectivity index (χ2v) is 7.59. The molecule has 0 spiro atoms. The second kappa shape index (κ2) is 6.21. The van der Waals surface area contributed by atoms with Crippen LogP contribution in [0.15, 0.2) is 24.3 Å². The van der Waals surface area contributed by atoms with Crippen LogP contribution in [0.3, 0.4) is 0 Å². The van der Waals surface area contributed by atoms with E-state index in [0.717, 1.165) is 0 Å². The molecule has 6 nitrogen and oxygen atoms in total. The average molecular weight is 330 g/mol. The van der Waals surface area contributed by atoms with E-state index in [2.05, 4.69) is 4.72 Å². The summed E-state index contributed by atoms with van der Waals surface area (Å²) in [6, 6.07) is 5.29. The van der Waals surface area contributed by atoms with Crippen LogP contribution < -0.4 is 4.72 Å². The minimum absolute atomic E-state index is 0.0750. The molecule has 1 aliphatic heterocycles. The van der Waals surface area contributed by atoms with Crippen LogP contribution in [0.1, 0.15) is 19.4 Å². The molecule has 0 saturated carbocycles. The molecule has 0 radical (unpaired) electrons. The Balaban J connectivity index is 1.97. The molecule has 0 unspecified atom stereocenters. The van der Waals surface area contributed by atoms with Crippen LogP contribution in [0.25, 0.3) is 0 Å². The zero-order chi connectivity index (χ0) is 16.4. The summed E-state index contributed by atoms with van der Waals surface area (Å²) in [5.74, 6) is -0.656. The third-order valence-corrected chi connectivity index (χ3v) is 4.78. The summed E-state index contributed by atoms with van der Waals surface area (Å²) in [5.41, 5.74) is -0.198. The fourth-order valence-electron chi connectivity index (χ4n) is 2.18. The maximum Gasteiger partial charge on any atom is 0.410 e. The molecule has 1 aromatic rings. The highest BCUT2D eigenvalue weighted by Gasteiger charge is 2.36. The SMILES string of the molecule is CC(C)(CNS(=O)(=O)Cc1ccc(F)cc1)N1CCOC1=O. The number of cyclic esters (lactones) is 1. The van der Waals surface area contributed by atoms with Gasteiger partial charge >= 0.3 is 6.09 Å². The smallest absolute Gasteiger partial charge is 0.410 e. The van der Waals surface area contributed by atoms with E-state index in [9.17, 15) is 17.6 Å². The minimum Gasteiger partial charge on any atom is -0.448 e. The summed E-state index contributed by atoms with van der Waals surface area (Å²) in [7, 11) is -3.58. The number of benzene rings is 1. The Morgan fingerprint density at radius 1 is 1.32 bits per heavy atom. The van der Waals surface area contributed by atoms with Crippen molar-refractivity contribution in [1.29, 1.82) is 0 Å². The van der Waals surface area contributed by atoms with E-state index in [1.807, 2.05) is 0 Å². The normalized spacial score (nSPS) is 16.0. The monoisotopic (exact) mass is 330 g/mol. The third kappa shape index (κ3) is 4.17. The van der Waals surface area contributed by atoms with Gasteiger partial charge in [-0.25, -0.2) is 22.3 Å². The number of nitrogens with zero attached hydrogens (tertiary/aromatic N) is 1. The first-order valence-electron chi connectivity index (χ1n) is 6.86. The molecule has 1 aliphatic rings. The van der Waals surface area contributed by atoms with E-state index in [1.165, 1.54) is 29.2 Å². The Labute approximate surface area is 129 Å². The van der Waals surface area contributed by atoms with Crippen LogP contribution in [0.4, 0.5) is 9.18 Å². The number of ether oxygens (including phenoxy) is 1. The van der Waals surface area contributed by atoms with Crippen LogP contribution in [0.2, 0.25) is 0 Å². The standard InChI is InChI=1S/C14H19FN2O4S/c1-14(2,17-7-8-21-13(17)18)10-16-22(19,20)9-11-3-5-12(15)6-4-11/h3-6,16H,7-10H2,1-2H3. The van der Waals surface area contributed by atoms with Crippen LogP contribution >= 0.6 is 0 Å². The van der Waals surface area contributed by atoms with Gasteiger partial charge in [0.1, 0.15) is 12.4 Å². The third-order valence-electron chi connectivity index (χ3n) is 3.49. The molecule has 122 valence electrons. The van der Waals surface area contributed by atoms with Crippen LogP contribution in [0, 0.1) is 5.82 Å². The quantitative estimate of drug-likeness (QED) is 0.857. The van der Waals surface area contributed by atoms with Gasteiger partial charge in [-0.1, -0.05) is 12.1 Å². The van der Waals surface area contributed by atoms with E-state index in [1.54, 1.807) is 13.8 Å². The van der Waals surface area contributed by atoms with Gasteiger partial charge in [0.15, 0.2) is 0 Å². The zero-order valence-electron chi connectivity index (χ0n) is 12.5. The van der Waals surface area contributed by atoms with Crippen LogP contribution in [-0.2, 0) is 20.5 Å². The van der Waals surface area contributed by atoms with E-state index in [-0.39, 0.29) is 12.3 Å².